The third kappa shape index (κ3) is 3.70. The molecule has 1 amide bonds. The molecule has 1 N–H and O–H groups in total. The zero-order valence-electron chi connectivity index (χ0n) is 16.9. The van der Waals surface area contributed by atoms with Gasteiger partial charge in [0.1, 0.15) is 5.75 Å². The molecule has 0 fully saturated rings. The number of aromatic nitrogens is 1. The van der Waals surface area contributed by atoms with Crippen molar-refractivity contribution in [3.05, 3.63) is 106 Å². The number of nitrogens with zero attached hydrogens (tertiary/aromatic N) is 1. The molecule has 150 valence electrons. The predicted octanol–water partition coefficient (Wildman–Crippen LogP) is 4.69. The van der Waals surface area contributed by atoms with Crippen molar-refractivity contribution in [1.29, 1.82) is 0 Å². The Hall–Kier alpha value is -3.86. The number of pyridine rings is 1. The van der Waals surface area contributed by atoms with Crippen molar-refractivity contribution in [2.75, 3.05) is 12.0 Å². The van der Waals surface area contributed by atoms with Crippen molar-refractivity contribution in [1.82, 2.24) is 4.98 Å². The first-order chi connectivity index (χ1) is 14.6. The molecule has 0 saturated carbocycles. The van der Waals surface area contributed by atoms with Gasteiger partial charge in [-0.3, -0.25) is 9.59 Å². The molecule has 0 aliphatic carbocycles. The number of carbonyl (C=O) groups is 1. The number of amides is 1. The van der Waals surface area contributed by atoms with Crippen LogP contribution in [0, 0.1) is 6.92 Å². The first kappa shape index (κ1) is 19.5. The molecule has 0 aliphatic rings. The Morgan fingerprint density at radius 3 is 2.47 bits per heavy atom. The molecule has 0 aliphatic heterocycles. The Morgan fingerprint density at radius 2 is 1.67 bits per heavy atom. The Bertz CT molecular complexity index is 1280. The van der Waals surface area contributed by atoms with E-state index in [0.717, 1.165) is 16.5 Å². The van der Waals surface area contributed by atoms with Crippen LogP contribution < -0.4 is 15.2 Å². The average Bonchev–Trinajstić information content (AvgIpc) is 2.77. The van der Waals surface area contributed by atoms with Crippen LogP contribution in [0.15, 0.2) is 83.7 Å². The van der Waals surface area contributed by atoms with Crippen molar-refractivity contribution in [2.45, 2.75) is 13.5 Å². The second-order valence-electron chi connectivity index (χ2n) is 7.09. The molecule has 4 aromatic rings. The van der Waals surface area contributed by atoms with E-state index in [1.807, 2.05) is 73.7 Å². The van der Waals surface area contributed by atoms with Crippen LogP contribution >= 0.6 is 0 Å². The van der Waals surface area contributed by atoms with E-state index in [2.05, 4.69) is 4.98 Å². The summed E-state index contributed by atoms with van der Waals surface area (Å²) < 4.78 is 5.50. The number of aromatic amines is 1. The highest BCUT2D eigenvalue weighted by atomic mass is 16.5. The first-order valence-electron chi connectivity index (χ1n) is 9.70. The minimum absolute atomic E-state index is 0.119. The normalized spacial score (nSPS) is 10.7. The standard InChI is InChI=1S/C25H22N2O3/c1-17-9-3-5-11-20(17)25(29)27(22-13-7-8-14-23(22)30-2)16-19-15-18-10-4-6-12-21(18)26-24(19)28/h3-15H,16H2,1-2H3,(H,26,28). The summed E-state index contributed by atoms with van der Waals surface area (Å²) >= 11 is 0. The van der Waals surface area contributed by atoms with E-state index in [0.29, 0.717) is 22.6 Å². The van der Waals surface area contributed by atoms with Crippen LogP contribution in [0.2, 0.25) is 0 Å². The van der Waals surface area contributed by atoms with Crippen LogP contribution in [-0.4, -0.2) is 18.0 Å². The summed E-state index contributed by atoms with van der Waals surface area (Å²) in [5.74, 6) is 0.377. The number of para-hydroxylation sites is 3. The molecule has 3 aromatic carbocycles. The number of hydrogen-bond donors (Lipinski definition) is 1. The smallest absolute Gasteiger partial charge is 0.258 e. The van der Waals surface area contributed by atoms with Crippen LogP contribution in [0.5, 0.6) is 5.75 Å². The SMILES string of the molecule is COc1ccccc1N(Cc1cc2ccccc2[nH]c1=O)C(=O)c1ccccc1C. The van der Waals surface area contributed by atoms with Gasteiger partial charge in [0.2, 0.25) is 0 Å². The molecule has 0 saturated heterocycles. The summed E-state index contributed by atoms with van der Waals surface area (Å²) in [6.45, 7) is 2.02. The van der Waals surface area contributed by atoms with Gasteiger partial charge in [0.15, 0.2) is 0 Å². The Kier molecular flexibility index (Phi) is 5.35. The summed E-state index contributed by atoms with van der Waals surface area (Å²) in [4.78, 5) is 30.8. The lowest BCUT2D eigenvalue weighted by molar-refractivity contribution is 0.0983. The second kappa shape index (κ2) is 8.25. The van der Waals surface area contributed by atoms with Crippen molar-refractivity contribution in [2.24, 2.45) is 0 Å². The molecule has 0 atom stereocenters. The number of ether oxygens (including phenoxy) is 1. The summed E-state index contributed by atoms with van der Waals surface area (Å²) in [6, 6.07) is 24.2. The number of rotatable bonds is 5. The van der Waals surface area contributed by atoms with Gasteiger partial charge < -0.3 is 14.6 Å². The van der Waals surface area contributed by atoms with Gasteiger partial charge in [0.05, 0.1) is 19.3 Å². The fraction of sp³-hybridized carbons (Fsp3) is 0.120. The highest BCUT2D eigenvalue weighted by Crippen LogP contribution is 2.30. The number of fused-ring (bicyclic) bond motifs is 1. The quantitative estimate of drug-likeness (QED) is 0.530. The number of nitrogens with one attached hydrogen (secondary N) is 1. The predicted molar refractivity (Wildman–Crippen MR) is 119 cm³/mol. The second-order valence-corrected chi connectivity index (χ2v) is 7.09. The summed E-state index contributed by atoms with van der Waals surface area (Å²) in [5, 5.41) is 0.912. The molecule has 1 aromatic heterocycles. The minimum Gasteiger partial charge on any atom is -0.495 e. The van der Waals surface area contributed by atoms with Gasteiger partial charge in [-0.15, -0.1) is 0 Å². The van der Waals surface area contributed by atoms with Crippen molar-refractivity contribution < 1.29 is 9.53 Å². The van der Waals surface area contributed by atoms with Gasteiger partial charge in [-0.2, -0.15) is 0 Å². The Balaban J connectivity index is 1.84. The average molecular weight is 398 g/mol. The van der Waals surface area contributed by atoms with E-state index < -0.39 is 0 Å². The van der Waals surface area contributed by atoms with E-state index in [1.165, 1.54) is 0 Å². The molecule has 4 rings (SSSR count). The summed E-state index contributed by atoms with van der Waals surface area (Å²) in [6.07, 6.45) is 0. The minimum atomic E-state index is -0.216. The van der Waals surface area contributed by atoms with Crippen molar-refractivity contribution >= 4 is 22.5 Å². The lowest BCUT2D eigenvalue weighted by atomic mass is 10.1. The van der Waals surface area contributed by atoms with Crippen LogP contribution in [-0.2, 0) is 6.54 Å². The lowest BCUT2D eigenvalue weighted by Gasteiger charge is -2.25. The monoisotopic (exact) mass is 398 g/mol. The maximum atomic E-state index is 13.6. The molecule has 1 heterocycles. The van der Waals surface area contributed by atoms with Crippen LogP contribution in [0.3, 0.4) is 0 Å². The molecule has 30 heavy (non-hydrogen) atoms. The number of benzene rings is 3. The number of H-pyrrole nitrogens is 1. The number of hydrogen-bond acceptors (Lipinski definition) is 3. The van der Waals surface area contributed by atoms with Gasteiger partial charge in [-0.25, -0.2) is 0 Å². The zero-order valence-corrected chi connectivity index (χ0v) is 16.9. The van der Waals surface area contributed by atoms with E-state index in [4.69, 9.17) is 4.74 Å². The highest BCUT2D eigenvalue weighted by Gasteiger charge is 2.23. The fourth-order valence-electron chi connectivity index (χ4n) is 3.56. The van der Waals surface area contributed by atoms with E-state index in [9.17, 15) is 9.59 Å². The topological polar surface area (TPSA) is 62.4 Å². The molecule has 5 nitrogen and oxygen atoms in total. The first-order valence-corrected chi connectivity index (χ1v) is 9.70. The van der Waals surface area contributed by atoms with E-state index in [-0.39, 0.29) is 18.0 Å². The van der Waals surface area contributed by atoms with Gasteiger partial charge in [0, 0.05) is 16.6 Å². The van der Waals surface area contributed by atoms with Gasteiger partial charge in [-0.1, -0.05) is 48.5 Å². The fourth-order valence-corrected chi connectivity index (χ4v) is 3.56. The summed E-state index contributed by atoms with van der Waals surface area (Å²) in [7, 11) is 1.57. The molecule has 0 radical (unpaired) electrons. The van der Waals surface area contributed by atoms with Gasteiger partial charge >= 0.3 is 0 Å². The van der Waals surface area contributed by atoms with Crippen molar-refractivity contribution in [3.8, 4) is 5.75 Å². The molecule has 5 heteroatoms. The number of carbonyl (C=O) groups excluding carboxylic acids is 1. The number of methoxy groups -OCH3 is 1. The van der Waals surface area contributed by atoms with Gasteiger partial charge in [0.25, 0.3) is 11.5 Å². The maximum absolute atomic E-state index is 13.6. The Morgan fingerprint density at radius 1 is 0.967 bits per heavy atom. The molecule has 0 bridgehead atoms. The van der Waals surface area contributed by atoms with Gasteiger partial charge in [-0.05, 0) is 48.2 Å². The largest absolute Gasteiger partial charge is 0.495 e. The molecular weight excluding hydrogens is 376 g/mol. The molecule has 0 spiro atoms. The zero-order chi connectivity index (χ0) is 21.1. The number of anilines is 1. The summed E-state index contributed by atoms with van der Waals surface area (Å²) in [5.41, 5.74) is 3.12. The van der Waals surface area contributed by atoms with Crippen molar-refractivity contribution in [3.63, 3.8) is 0 Å². The lowest BCUT2D eigenvalue weighted by Crippen LogP contribution is -2.33. The van der Waals surface area contributed by atoms with E-state index in [1.54, 1.807) is 24.1 Å². The highest BCUT2D eigenvalue weighted by molar-refractivity contribution is 6.07. The van der Waals surface area contributed by atoms with Crippen LogP contribution in [0.25, 0.3) is 10.9 Å². The molecule has 0 unspecified atom stereocenters. The van der Waals surface area contributed by atoms with Crippen LogP contribution in [0.4, 0.5) is 5.69 Å². The maximum Gasteiger partial charge on any atom is 0.258 e. The van der Waals surface area contributed by atoms with Crippen LogP contribution in [0.1, 0.15) is 21.5 Å². The number of aryl methyl sites for hydroxylation is 1. The van der Waals surface area contributed by atoms with E-state index >= 15 is 0 Å². The third-order valence-electron chi connectivity index (χ3n) is 5.16. The molecular formula is C25H22N2O3. The third-order valence-corrected chi connectivity index (χ3v) is 5.16. The Labute approximate surface area is 174 Å².